The molecule has 1 N–H and O–H groups in total. The SMILES string of the molecule is N#CC1=C(Br)N(C(=O)O)C(Br)(c2ccc(C#N)cc2)C1Br. The molecule has 1 amide bonds. The normalized spacial score (nSPS) is 24.6. The van der Waals surface area contributed by atoms with E-state index in [1.54, 1.807) is 24.3 Å². The molecular formula is C13H6Br3N3O2. The van der Waals surface area contributed by atoms with Crippen molar-refractivity contribution in [2.24, 2.45) is 0 Å². The summed E-state index contributed by atoms with van der Waals surface area (Å²) in [5.74, 6) is 0. The minimum atomic E-state index is -1.21. The van der Waals surface area contributed by atoms with Gasteiger partial charge in [0.2, 0.25) is 0 Å². The van der Waals surface area contributed by atoms with Crippen LogP contribution in [0.15, 0.2) is 34.4 Å². The molecule has 0 spiro atoms. The summed E-state index contributed by atoms with van der Waals surface area (Å²) in [6.07, 6.45) is -1.21. The number of nitrogens with zero attached hydrogens (tertiary/aromatic N) is 3. The summed E-state index contributed by atoms with van der Waals surface area (Å²) >= 11 is 9.99. The lowest BCUT2D eigenvalue weighted by atomic mass is 10.0. The second-order valence-electron chi connectivity index (χ2n) is 4.16. The van der Waals surface area contributed by atoms with Crippen LogP contribution in [0.25, 0.3) is 0 Å². The molecule has 0 fully saturated rings. The van der Waals surface area contributed by atoms with Crippen LogP contribution < -0.4 is 0 Å². The molecule has 1 heterocycles. The number of rotatable bonds is 1. The summed E-state index contributed by atoms with van der Waals surface area (Å²) in [4.78, 5) is 12.0. The van der Waals surface area contributed by atoms with Gasteiger partial charge in [0, 0.05) is 0 Å². The fraction of sp³-hybridized carbons (Fsp3) is 0.154. The molecule has 0 saturated heterocycles. The van der Waals surface area contributed by atoms with Gasteiger partial charge in [0.25, 0.3) is 0 Å². The number of hydrogen-bond acceptors (Lipinski definition) is 3. The van der Waals surface area contributed by atoms with E-state index in [0.717, 1.165) is 4.90 Å². The molecule has 2 unspecified atom stereocenters. The summed E-state index contributed by atoms with van der Waals surface area (Å²) in [5.41, 5.74) is 1.33. The van der Waals surface area contributed by atoms with Crippen molar-refractivity contribution in [2.75, 3.05) is 0 Å². The minimum absolute atomic E-state index is 0.181. The van der Waals surface area contributed by atoms with Crippen molar-refractivity contribution in [3.05, 3.63) is 45.6 Å². The third kappa shape index (κ3) is 2.38. The maximum atomic E-state index is 11.6. The Kier molecular flexibility index (Phi) is 4.43. The van der Waals surface area contributed by atoms with Crippen molar-refractivity contribution in [1.82, 2.24) is 4.90 Å². The van der Waals surface area contributed by atoms with E-state index in [-0.39, 0.29) is 10.2 Å². The molecule has 1 aromatic carbocycles. The van der Waals surface area contributed by atoms with E-state index in [1.165, 1.54) is 0 Å². The molecule has 21 heavy (non-hydrogen) atoms. The summed E-state index contributed by atoms with van der Waals surface area (Å²) in [7, 11) is 0. The fourth-order valence-electron chi connectivity index (χ4n) is 2.05. The summed E-state index contributed by atoms with van der Waals surface area (Å²) in [6.45, 7) is 0. The van der Waals surface area contributed by atoms with E-state index in [4.69, 9.17) is 5.26 Å². The largest absolute Gasteiger partial charge is 0.465 e. The van der Waals surface area contributed by atoms with Gasteiger partial charge in [0.1, 0.15) is 9.05 Å². The number of carboxylic acid groups (broad SMARTS) is 1. The maximum absolute atomic E-state index is 11.6. The molecular weight excluding hydrogens is 470 g/mol. The molecule has 5 nitrogen and oxygen atoms in total. The lowest BCUT2D eigenvalue weighted by Gasteiger charge is -2.34. The van der Waals surface area contributed by atoms with Crippen LogP contribution in [0.5, 0.6) is 0 Å². The number of hydrogen-bond donors (Lipinski definition) is 1. The summed E-state index contributed by atoms with van der Waals surface area (Å²) in [6, 6.07) is 10.5. The molecule has 8 heteroatoms. The quantitative estimate of drug-likeness (QED) is 0.491. The molecule has 1 aliphatic rings. The number of amides is 1. The molecule has 106 valence electrons. The number of carbonyl (C=O) groups is 1. The molecule has 0 aromatic heterocycles. The van der Waals surface area contributed by atoms with Crippen molar-refractivity contribution in [1.29, 1.82) is 10.5 Å². The Balaban J connectivity index is 2.61. The zero-order valence-corrected chi connectivity index (χ0v) is 15.0. The summed E-state index contributed by atoms with van der Waals surface area (Å²) in [5, 5.41) is 27.5. The van der Waals surface area contributed by atoms with Gasteiger partial charge in [-0.1, -0.05) is 44.0 Å². The van der Waals surface area contributed by atoms with Gasteiger partial charge in [-0.15, -0.1) is 0 Å². The van der Waals surface area contributed by atoms with Crippen molar-refractivity contribution in [3.63, 3.8) is 0 Å². The molecule has 0 saturated carbocycles. The van der Waals surface area contributed by atoms with Crippen molar-refractivity contribution in [3.8, 4) is 12.1 Å². The first-order chi connectivity index (χ1) is 9.87. The highest BCUT2D eigenvalue weighted by atomic mass is 79.9. The van der Waals surface area contributed by atoms with Crippen LogP contribution in [0.1, 0.15) is 11.1 Å². The van der Waals surface area contributed by atoms with Crippen LogP contribution in [0.2, 0.25) is 0 Å². The topological polar surface area (TPSA) is 88.1 Å². The van der Waals surface area contributed by atoms with Crippen LogP contribution in [-0.4, -0.2) is 20.9 Å². The van der Waals surface area contributed by atoms with Gasteiger partial charge in [-0.25, -0.2) is 9.69 Å². The minimum Gasteiger partial charge on any atom is -0.465 e. The number of alkyl halides is 2. The van der Waals surface area contributed by atoms with E-state index >= 15 is 0 Å². The van der Waals surface area contributed by atoms with E-state index in [0.29, 0.717) is 11.1 Å². The standard InChI is InChI=1S/C13H6Br3N3O2/c14-10-9(6-18)11(15)19(12(20)21)13(10,16)8-3-1-7(5-17)2-4-8/h1-4,10H,(H,20,21). The van der Waals surface area contributed by atoms with Gasteiger partial charge in [-0.3, -0.25) is 0 Å². The van der Waals surface area contributed by atoms with E-state index < -0.39 is 15.4 Å². The van der Waals surface area contributed by atoms with Gasteiger partial charge < -0.3 is 5.11 Å². The Morgan fingerprint density at radius 3 is 2.29 bits per heavy atom. The zero-order valence-electron chi connectivity index (χ0n) is 10.2. The van der Waals surface area contributed by atoms with Gasteiger partial charge in [0.15, 0.2) is 0 Å². The van der Waals surface area contributed by atoms with E-state index in [1.807, 2.05) is 12.1 Å². The predicted molar refractivity (Wildman–Crippen MR) is 85.9 cm³/mol. The van der Waals surface area contributed by atoms with Crippen LogP contribution in [0, 0.1) is 22.7 Å². The van der Waals surface area contributed by atoms with Gasteiger partial charge >= 0.3 is 6.09 Å². The van der Waals surface area contributed by atoms with Crippen LogP contribution in [0.3, 0.4) is 0 Å². The molecule has 1 aromatic rings. The van der Waals surface area contributed by atoms with E-state index in [2.05, 4.69) is 47.8 Å². The molecule has 2 rings (SSSR count). The highest BCUT2D eigenvalue weighted by Crippen LogP contribution is 2.53. The zero-order chi connectivity index (χ0) is 15.8. The first-order valence-electron chi connectivity index (χ1n) is 5.54. The molecule has 2 atom stereocenters. The van der Waals surface area contributed by atoms with Crippen molar-refractivity contribution < 1.29 is 9.90 Å². The number of nitriles is 2. The first kappa shape index (κ1) is 16.0. The number of halogens is 3. The third-order valence-electron chi connectivity index (χ3n) is 3.06. The van der Waals surface area contributed by atoms with Gasteiger partial charge in [0.05, 0.1) is 28.1 Å². The molecule has 0 bridgehead atoms. The average Bonchev–Trinajstić information content (AvgIpc) is 2.66. The average molecular weight is 476 g/mol. The fourth-order valence-corrected chi connectivity index (χ4v) is 4.96. The molecule has 0 aliphatic carbocycles. The van der Waals surface area contributed by atoms with Gasteiger partial charge in [-0.2, -0.15) is 10.5 Å². The smallest absolute Gasteiger partial charge is 0.413 e. The lowest BCUT2D eigenvalue weighted by Crippen LogP contribution is -2.44. The molecule has 1 aliphatic heterocycles. The Labute approximate surface area is 145 Å². The monoisotopic (exact) mass is 473 g/mol. The van der Waals surface area contributed by atoms with Crippen molar-refractivity contribution in [2.45, 2.75) is 9.28 Å². The second kappa shape index (κ2) is 5.80. The molecule has 0 radical (unpaired) electrons. The van der Waals surface area contributed by atoms with Crippen molar-refractivity contribution >= 4 is 53.9 Å². The predicted octanol–water partition coefficient (Wildman–Crippen LogP) is 3.99. The number of benzene rings is 1. The van der Waals surface area contributed by atoms with Crippen LogP contribution in [-0.2, 0) is 4.45 Å². The Morgan fingerprint density at radius 2 is 1.86 bits per heavy atom. The van der Waals surface area contributed by atoms with Crippen LogP contribution >= 0.6 is 47.8 Å². The van der Waals surface area contributed by atoms with E-state index in [9.17, 15) is 15.2 Å². The highest BCUT2D eigenvalue weighted by molar-refractivity contribution is 9.13. The maximum Gasteiger partial charge on any atom is 0.413 e. The Morgan fingerprint density at radius 1 is 1.29 bits per heavy atom. The van der Waals surface area contributed by atoms with Crippen LogP contribution in [0.4, 0.5) is 4.79 Å². The first-order valence-corrected chi connectivity index (χ1v) is 8.04. The lowest BCUT2D eigenvalue weighted by molar-refractivity contribution is 0.147. The highest BCUT2D eigenvalue weighted by Gasteiger charge is 2.54. The third-order valence-corrected chi connectivity index (χ3v) is 6.85. The second-order valence-corrected chi connectivity index (χ2v) is 7.04. The summed E-state index contributed by atoms with van der Waals surface area (Å²) < 4.78 is -0.989. The van der Waals surface area contributed by atoms with Gasteiger partial charge in [-0.05, 0) is 33.6 Å². The Bertz CT molecular complexity index is 718. The Hall–Kier alpha value is -1.35.